The highest BCUT2D eigenvalue weighted by atomic mass is 16.5. The SMILES string of the molecule is CN/C=C\C(N)C(C)/C=C\C(=C/N)Cc1cc(C(=O)NC2CCCOC2)c(OC)c(C)c1C. The van der Waals surface area contributed by atoms with Gasteiger partial charge in [0.05, 0.1) is 25.3 Å². The van der Waals surface area contributed by atoms with E-state index in [1.807, 2.05) is 45.3 Å². The number of rotatable bonds is 10. The van der Waals surface area contributed by atoms with Gasteiger partial charge in [-0.1, -0.05) is 25.2 Å². The van der Waals surface area contributed by atoms with Crippen molar-refractivity contribution in [3.63, 3.8) is 0 Å². The highest BCUT2D eigenvalue weighted by molar-refractivity contribution is 5.98. The lowest BCUT2D eigenvalue weighted by molar-refractivity contribution is 0.0623. The van der Waals surface area contributed by atoms with Gasteiger partial charge in [0.15, 0.2) is 0 Å². The number of nitrogens with two attached hydrogens (primary N) is 2. The zero-order valence-corrected chi connectivity index (χ0v) is 20.6. The number of hydrogen-bond donors (Lipinski definition) is 4. The molecule has 1 fully saturated rings. The zero-order valence-electron chi connectivity index (χ0n) is 20.6. The summed E-state index contributed by atoms with van der Waals surface area (Å²) in [5.74, 6) is 0.606. The topological polar surface area (TPSA) is 112 Å². The summed E-state index contributed by atoms with van der Waals surface area (Å²) in [5.41, 5.74) is 16.7. The average Bonchev–Trinajstić information content (AvgIpc) is 2.82. The van der Waals surface area contributed by atoms with Crippen molar-refractivity contribution >= 4 is 5.91 Å². The first-order chi connectivity index (χ1) is 15.8. The molecule has 0 spiro atoms. The van der Waals surface area contributed by atoms with Gasteiger partial charge in [-0.3, -0.25) is 4.79 Å². The second-order valence-corrected chi connectivity index (χ2v) is 8.62. The smallest absolute Gasteiger partial charge is 0.255 e. The van der Waals surface area contributed by atoms with Gasteiger partial charge in [-0.2, -0.15) is 0 Å². The molecule has 1 heterocycles. The molecule has 3 unspecified atom stereocenters. The Morgan fingerprint density at radius 1 is 1.33 bits per heavy atom. The molecule has 0 radical (unpaired) electrons. The molecule has 0 saturated carbocycles. The molecular formula is C26H40N4O3. The summed E-state index contributed by atoms with van der Waals surface area (Å²) in [5, 5.41) is 6.05. The van der Waals surface area contributed by atoms with Gasteiger partial charge in [-0.15, -0.1) is 0 Å². The monoisotopic (exact) mass is 456 g/mol. The molecule has 3 atom stereocenters. The van der Waals surface area contributed by atoms with Crippen LogP contribution in [0.1, 0.15) is 46.8 Å². The Morgan fingerprint density at radius 2 is 2.09 bits per heavy atom. The molecule has 7 nitrogen and oxygen atoms in total. The van der Waals surface area contributed by atoms with Crippen molar-refractivity contribution in [1.82, 2.24) is 10.6 Å². The molecule has 1 amide bonds. The molecule has 182 valence electrons. The number of benzene rings is 1. The Hall–Kier alpha value is -2.77. The maximum Gasteiger partial charge on any atom is 0.255 e. The number of carbonyl (C=O) groups excluding carboxylic acids is 1. The quantitative estimate of drug-likeness (QED) is 0.403. The molecule has 7 heteroatoms. The Morgan fingerprint density at radius 3 is 2.70 bits per heavy atom. The molecule has 1 aliphatic rings. The fourth-order valence-corrected chi connectivity index (χ4v) is 3.87. The molecule has 33 heavy (non-hydrogen) atoms. The minimum atomic E-state index is -0.142. The number of allylic oxidation sites excluding steroid dienone is 2. The van der Waals surface area contributed by atoms with E-state index in [4.69, 9.17) is 20.9 Å². The van der Waals surface area contributed by atoms with Gasteiger partial charge in [-0.25, -0.2) is 0 Å². The second-order valence-electron chi connectivity index (χ2n) is 8.62. The number of hydrogen-bond acceptors (Lipinski definition) is 6. The first kappa shape index (κ1) is 26.5. The van der Waals surface area contributed by atoms with Crippen LogP contribution in [0.25, 0.3) is 0 Å². The summed E-state index contributed by atoms with van der Waals surface area (Å²) in [6.45, 7) is 7.38. The number of methoxy groups -OCH3 is 1. The lowest BCUT2D eigenvalue weighted by atomic mass is 9.92. The molecule has 1 aromatic carbocycles. The first-order valence-electron chi connectivity index (χ1n) is 11.6. The minimum Gasteiger partial charge on any atom is -0.496 e. The van der Waals surface area contributed by atoms with Crippen LogP contribution in [0, 0.1) is 19.8 Å². The number of amides is 1. The molecule has 2 rings (SSSR count). The van der Waals surface area contributed by atoms with Crippen molar-refractivity contribution in [3.8, 4) is 5.75 Å². The van der Waals surface area contributed by atoms with Gasteiger partial charge < -0.3 is 31.6 Å². The Balaban J connectivity index is 2.25. The molecule has 0 aromatic heterocycles. The average molecular weight is 457 g/mol. The van der Waals surface area contributed by atoms with E-state index in [0.717, 1.165) is 41.7 Å². The normalized spacial score (nSPS) is 19.0. The molecule has 1 aromatic rings. The van der Waals surface area contributed by atoms with Crippen molar-refractivity contribution in [1.29, 1.82) is 0 Å². The number of ether oxygens (including phenoxy) is 2. The fourth-order valence-electron chi connectivity index (χ4n) is 3.87. The van der Waals surface area contributed by atoms with Crippen molar-refractivity contribution in [2.45, 2.75) is 52.1 Å². The van der Waals surface area contributed by atoms with Crippen LogP contribution in [0.4, 0.5) is 0 Å². The Labute approximate surface area is 198 Å². The van der Waals surface area contributed by atoms with Crippen LogP contribution < -0.4 is 26.8 Å². The molecule has 1 aliphatic heterocycles. The molecular weight excluding hydrogens is 416 g/mol. The van der Waals surface area contributed by atoms with Gasteiger partial charge in [0.25, 0.3) is 5.91 Å². The maximum atomic E-state index is 13.1. The van der Waals surface area contributed by atoms with E-state index in [-0.39, 0.29) is 23.9 Å². The number of nitrogens with one attached hydrogen (secondary N) is 2. The van der Waals surface area contributed by atoms with Crippen LogP contribution in [0.5, 0.6) is 5.75 Å². The van der Waals surface area contributed by atoms with E-state index in [1.54, 1.807) is 13.3 Å². The molecule has 0 bridgehead atoms. The predicted octanol–water partition coefficient (Wildman–Crippen LogP) is 2.86. The molecule has 1 saturated heterocycles. The Bertz CT molecular complexity index is 886. The predicted molar refractivity (Wildman–Crippen MR) is 134 cm³/mol. The van der Waals surface area contributed by atoms with Gasteiger partial charge in [0.1, 0.15) is 5.75 Å². The lowest BCUT2D eigenvalue weighted by Gasteiger charge is -2.24. The molecule has 6 N–H and O–H groups in total. The third kappa shape index (κ3) is 7.37. The highest BCUT2D eigenvalue weighted by Crippen LogP contribution is 2.31. The highest BCUT2D eigenvalue weighted by Gasteiger charge is 2.22. The van der Waals surface area contributed by atoms with E-state index in [2.05, 4.69) is 23.6 Å². The summed E-state index contributed by atoms with van der Waals surface area (Å²) in [7, 11) is 3.44. The van der Waals surface area contributed by atoms with Crippen LogP contribution in [-0.4, -0.2) is 45.4 Å². The molecule has 0 aliphatic carbocycles. The van der Waals surface area contributed by atoms with Crippen LogP contribution >= 0.6 is 0 Å². The number of carbonyl (C=O) groups is 1. The van der Waals surface area contributed by atoms with Crippen molar-refractivity contribution in [2.24, 2.45) is 17.4 Å². The summed E-state index contributed by atoms with van der Waals surface area (Å²) >= 11 is 0. The van der Waals surface area contributed by atoms with Crippen molar-refractivity contribution in [2.75, 3.05) is 27.4 Å². The Kier molecular flexibility index (Phi) is 10.5. The van der Waals surface area contributed by atoms with Crippen molar-refractivity contribution < 1.29 is 14.3 Å². The van der Waals surface area contributed by atoms with Crippen LogP contribution in [0.2, 0.25) is 0 Å². The van der Waals surface area contributed by atoms with Crippen LogP contribution in [0.15, 0.2) is 42.3 Å². The summed E-state index contributed by atoms with van der Waals surface area (Å²) in [6.07, 6.45) is 11.9. The van der Waals surface area contributed by atoms with E-state index in [9.17, 15) is 4.79 Å². The third-order valence-electron chi connectivity index (χ3n) is 6.21. The van der Waals surface area contributed by atoms with Crippen molar-refractivity contribution in [3.05, 3.63) is 64.5 Å². The fraction of sp³-hybridized carbons (Fsp3) is 0.500. The largest absolute Gasteiger partial charge is 0.496 e. The van der Waals surface area contributed by atoms with Gasteiger partial charge in [-0.05, 0) is 79.8 Å². The van der Waals surface area contributed by atoms with Crippen LogP contribution in [-0.2, 0) is 11.2 Å². The standard InChI is InChI=1S/C26H40N4O3/c1-17(24(28)10-11-29-4)8-9-20(15-27)13-21-14-23(25(32-5)19(3)18(21)2)26(31)30-22-7-6-12-33-16-22/h8-11,14-15,17,22,24,29H,6-7,12-13,16,27-28H2,1-5H3,(H,30,31)/b9-8-,11-10-,20-15+. The summed E-state index contributed by atoms with van der Waals surface area (Å²) < 4.78 is 11.1. The van der Waals surface area contributed by atoms with E-state index < -0.39 is 0 Å². The first-order valence-corrected chi connectivity index (χ1v) is 11.6. The minimum absolute atomic E-state index is 0.0195. The second kappa shape index (κ2) is 13.1. The summed E-state index contributed by atoms with van der Waals surface area (Å²) in [6, 6.07) is 1.84. The lowest BCUT2D eigenvalue weighted by Crippen LogP contribution is -2.40. The van der Waals surface area contributed by atoms with Gasteiger partial charge in [0, 0.05) is 19.7 Å². The summed E-state index contributed by atoms with van der Waals surface area (Å²) in [4.78, 5) is 13.1. The van der Waals surface area contributed by atoms with Crippen LogP contribution in [0.3, 0.4) is 0 Å². The van der Waals surface area contributed by atoms with E-state index >= 15 is 0 Å². The van der Waals surface area contributed by atoms with Gasteiger partial charge >= 0.3 is 0 Å². The van der Waals surface area contributed by atoms with E-state index in [1.165, 1.54) is 0 Å². The zero-order chi connectivity index (χ0) is 24.4. The third-order valence-corrected chi connectivity index (χ3v) is 6.21. The maximum absolute atomic E-state index is 13.1. The van der Waals surface area contributed by atoms with Gasteiger partial charge in [0.2, 0.25) is 0 Å². The van der Waals surface area contributed by atoms with E-state index in [0.29, 0.717) is 24.3 Å².